The van der Waals surface area contributed by atoms with Gasteiger partial charge in [0.2, 0.25) is 0 Å². The standard InChI is InChI=1S/C12H16N2S/c1-4-12(2,3)13-11-9-7-5-6-8-10(9)14-15-11/h5-8,13H,4H2,1-3H3. The number of hydrogen-bond acceptors (Lipinski definition) is 3. The van der Waals surface area contributed by atoms with Gasteiger partial charge >= 0.3 is 0 Å². The van der Waals surface area contributed by atoms with Gasteiger partial charge in [-0.25, -0.2) is 0 Å². The fraction of sp³-hybridized carbons (Fsp3) is 0.417. The van der Waals surface area contributed by atoms with Crippen LogP contribution in [0.4, 0.5) is 5.00 Å². The normalized spacial score (nSPS) is 11.9. The van der Waals surface area contributed by atoms with Crippen molar-refractivity contribution in [3.8, 4) is 0 Å². The molecule has 0 atom stereocenters. The van der Waals surface area contributed by atoms with Gasteiger partial charge in [0.1, 0.15) is 5.00 Å². The second-order valence-corrected chi connectivity index (χ2v) is 5.16. The Bertz CT molecular complexity index is 459. The Hall–Kier alpha value is -1.09. The van der Waals surface area contributed by atoms with Gasteiger partial charge in [-0.15, -0.1) is 0 Å². The minimum Gasteiger partial charge on any atom is -0.370 e. The summed E-state index contributed by atoms with van der Waals surface area (Å²) in [4.78, 5) is 0. The lowest BCUT2D eigenvalue weighted by atomic mass is 10.0. The zero-order valence-electron chi connectivity index (χ0n) is 9.37. The van der Waals surface area contributed by atoms with Crippen molar-refractivity contribution >= 4 is 27.4 Å². The second-order valence-electron chi connectivity index (χ2n) is 4.39. The van der Waals surface area contributed by atoms with Crippen LogP contribution in [-0.4, -0.2) is 9.91 Å². The van der Waals surface area contributed by atoms with E-state index in [9.17, 15) is 0 Å². The smallest absolute Gasteiger partial charge is 0.117 e. The summed E-state index contributed by atoms with van der Waals surface area (Å²) in [5.74, 6) is 0. The topological polar surface area (TPSA) is 24.9 Å². The molecule has 2 aromatic rings. The van der Waals surface area contributed by atoms with Crippen LogP contribution in [0.1, 0.15) is 27.2 Å². The summed E-state index contributed by atoms with van der Waals surface area (Å²) in [5, 5.41) is 5.95. The molecule has 2 nitrogen and oxygen atoms in total. The summed E-state index contributed by atoms with van der Waals surface area (Å²) in [6, 6.07) is 8.25. The summed E-state index contributed by atoms with van der Waals surface area (Å²) >= 11 is 1.54. The van der Waals surface area contributed by atoms with E-state index in [4.69, 9.17) is 0 Å². The summed E-state index contributed by atoms with van der Waals surface area (Å²) in [7, 11) is 0. The van der Waals surface area contributed by atoms with Crippen LogP contribution in [0.2, 0.25) is 0 Å². The third-order valence-corrected chi connectivity index (χ3v) is 3.51. The van der Waals surface area contributed by atoms with Crippen molar-refractivity contribution in [1.29, 1.82) is 0 Å². The minimum absolute atomic E-state index is 0.134. The third-order valence-electron chi connectivity index (χ3n) is 2.72. The molecule has 0 aliphatic carbocycles. The van der Waals surface area contributed by atoms with E-state index in [0.717, 1.165) is 11.9 Å². The molecule has 1 N–H and O–H groups in total. The Morgan fingerprint density at radius 2 is 2.07 bits per heavy atom. The van der Waals surface area contributed by atoms with Crippen LogP contribution >= 0.6 is 11.5 Å². The highest BCUT2D eigenvalue weighted by Crippen LogP contribution is 2.30. The van der Waals surface area contributed by atoms with Crippen LogP contribution in [0.25, 0.3) is 10.9 Å². The van der Waals surface area contributed by atoms with Gasteiger partial charge in [0.05, 0.1) is 5.52 Å². The molecule has 0 spiro atoms. The first-order valence-electron chi connectivity index (χ1n) is 5.25. The molecule has 1 aromatic carbocycles. The highest BCUT2D eigenvalue weighted by Gasteiger charge is 2.16. The monoisotopic (exact) mass is 220 g/mol. The van der Waals surface area contributed by atoms with Gasteiger partial charge in [-0.2, -0.15) is 4.37 Å². The van der Waals surface area contributed by atoms with Crippen LogP contribution in [0.3, 0.4) is 0 Å². The van der Waals surface area contributed by atoms with Gasteiger partial charge in [-0.05, 0) is 43.9 Å². The molecule has 80 valence electrons. The van der Waals surface area contributed by atoms with Gasteiger partial charge in [-0.1, -0.05) is 19.1 Å². The maximum Gasteiger partial charge on any atom is 0.117 e. The van der Waals surface area contributed by atoms with E-state index in [1.54, 1.807) is 11.5 Å². The van der Waals surface area contributed by atoms with E-state index in [1.807, 2.05) is 6.07 Å². The van der Waals surface area contributed by atoms with Crippen LogP contribution in [0.5, 0.6) is 0 Å². The Labute approximate surface area is 94.5 Å². The van der Waals surface area contributed by atoms with Gasteiger partial charge in [0.25, 0.3) is 0 Å². The Balaban J connectivity index is 2.37. The van der Waals surface area contributed by atoms with E-state index < -0.39 is 0 Å². The number of rotatable bonds is 3. The molecule has 15 heavy (non-hydrogen) atoms. The lowest BCUT2D eigenvalue weighted by molar-refractivity contribution is 0.549. The van der Waals surface area contributed by atoms with Gasteiger partial charge in [0, 0.05) is 10.9 Å². The highest BCUT2D eigenvalue weighted by molar-refractivity contribution is 7.11. The first-order valence-corrected chi connectivity index (χ1v) is 6.02. The minimum atomic E-state index is 0.134. The summed E-state index contributed by atoms with van der Waals surface area (Å²) in [6.45, 7) is 6.61. The number of anilines is 1. The van der Waals surface area contributed by atoms with E-state index >= 15 is 0 Å². The molecule has 0 radical (unpaired) electrons. The molecular formula is C12H16N2S. The van der Waals surface area contributed by atoms with Crippen molar-refractivity contribution in [3.63, 3.8) is 0 Å². The van der Waals surface area contributed by atoms with Crippen molar-refractivity contribution in [1.82, 2.24) is 4.37 Å². The summed E-state index contributed by atoms with van der Waals surface area (Å²) in [5.41, 5.74) is 1.21. The van der Waals surface area contributed by atoms with Crippen molar-refractivity contribution in [2.45, 2.75) is 32.7 Å². The average Bonchev–Trinajstić information content (AvgIpc) is 2.62. The largest absolute Gasteiger partial charge is 0.370 e. The molecule has 0 amide bonds. The Morgan fingerprint density at radius 1 is 1.33 bits per heavy atom. The zero-order valence-corrected chi connectivity index (χ0v) is 10.2. The fourth-order valence-corrected chi connectivity index (χ4v) is 2.32. The maximum absolute atomic E-state index is 4.42. The molecule has 1 aromatic heterocycles. The van der Waals surface area contributed by atoms with Crippen LogP contribution in [0, 0.1) is 0 Å². The SMILES string of the molecule is CCC(C)(C)Nc1snc2ccccc12. The average molecular weight is 220 g/mol. The molecule has 0 saturated heterocycles. The molecule has 2 rings (SSSR count). The molecule has 0 bridgehead atoms. The Kier molecular flexibility index (Phi) is 2.65. The van der Waals surface area contributed by atoms with Crippen LogP contribution in [-0.2, 0) is 0 Å². The van der Waals surface area contributed by atoms with Crippen molar-refractivity contribution in [2.75, 3.05) is 5.32 Å². The van der Waals surface area contributed by atoms with E-state index in [0.29, 0.717) is 0 Å². The second kappa shape index (κ2) is 3.81. The van der Waals surface area contributed by atoms with Crippen molar-refractivity contribution < 1.29 is 0 Å². The molecule has 1 heterocycles. The van der Waals surface area contributed by atoms with E-state index in [-0.39, 0.29) is 5.54 Å². The molecule has 3 heteroatoms. The predicted molar refractivity (Wildman–Crippen MR) is 67.6 cm³/mol. The molecule has 0 saturated carbocycles. The van der Waals surface area contributed by atoms with Gasteiger partial charge < -0.3 is 5.32 Å². The van der Waals surface area contributed by atoms with E-state index in [1.165, 1.54) is 10.4 Å². The fourth-order valence-electron chi connectivity index (χ4n) is 1.38. The highest BCUT2D eigenvalue weighted by atomic mass is 32.1. The lowest BCUT2D eigenvalue weighted by Crippen LogP contribution is -2.29. The number of nitrogens with zero attached hydrogens (tertiary/aromatic N) is 1. The number of nitrogens with one attached hydrogen (secondary N) is 1. The third kappa shape index (κ3) is 2.12. The first-order chi connectivity index (χ1) is 7.12. The van der Waals surface area contributed by atoms with Crippen LogP contribution < -0.4 is 5.32 Å². The maximum atomic E-state index is 4.42. The van der Waals surface area contributed by atoms with Gasteiger partial charge in [0.15, 0.2) is 0 Å². The molecule has 0 aliphatic rings. The van der Waals surface area contributed by atoms with Gasteiger partial charge in [-0.3, -0.25) is 0 Å². The number of fused-ring (bicyclic) bond motifs is 1. The predicted octanol–water partition coefficient (Wildman–Crippen LogP) is 3.90. The first kappa shape index (κ1) is 10.4. The van der Waals surface area contributed by atoms with Crippen molar-refractivity contribution in [2.24, 2.45) is 0 Å². The number of aromatic nitrogens is 1. The summed E-state index contributed by atoms with van der Waals surface area (Å²) in [6.07, 6.45) is 1.10. The molecule has 0 fully saturated rings. The molecule has 0 aliphatic heterocycles. The quantitative estimate of drug-likeness (QED) is 0.848. The summed E-state index contributed by atoms with van der Waals surface area (Å²) < 4.78 is 4.42. The van der Waals surface area contributed by atoms with Crippen molar-refractivity contribution in [3.05, 3.63) is 24.3 Å². The number of hydrogen-bond donors (Lipinski definition) is 1. The van der Waals surface area contributed by atoms with E-state index in [2.05, 4.69) is 48.7 Å². The Morgan fingerprint density at radius 3 is 2.80 bits per heavy atom. The lowest BCUT2D eigenvalue weighted by Gasteiger charge is -2.24. The molecular weight excluding hydrogens is 204 g/mol. The molecule has 0 unspecified atom stereocenters. The van der Waals surface area contributed by atoms with Crippen LogP contribution in [0.15, 0.2) is 24.3 Å². The number of benzene rings is 1. The zero-order chi connectivity index (χ0) is 10.9.